The topological polar surface area (TPSA) is 50.8 Å². The molecule has 0 radical (unpaired) electrons. The van der Waals surface area contributed by atoms with Crippen LogP contribution >= 0.6 is 23.2 Å². The zero-order valence-electron chi connectivity index (χ0n) is 11.1. The number of rotatable bonds is 3. The quantitative estimate of drug-likeness (QED) is 0.932. The zero-order valence-corrected chi connectivity index (χ0v) is 12.6. The van der Waals surface area contributed by atoms with Crippen LogP contribution in [0.1, 0.15) is 0 Å². The van der Waals surface area contributed by atoms with Gasteiger partial charge in [0.2, 0.25) is 0 Å². The average molecular weight is 319 g/mol. The lowest BCUT2D eigenvalue weighted by Crippen LogP contribution is -2.48. The maximum absolute atomic E-state index is 12.2. The minimum atomic E-state index is -0.201. The van der Waals surface area contributed by atoms with E-state index in [-0.39, 0.29) is 12.1 Å². The minimum absolute atomic E-state index is 0.0950. The lowest BCUT2D eigenvalue weighted by molar-refractivity contribution is -0.0481. The van der Waals surface area contributed by atoms with Crippen LogP contribution in [0.5, 0.6) is 0 Å². The van der Waals surface area contributed by atoms with Crippen LogP contribution in [0.25, 0.3) is 0 Å². The second kappa shape index (κ2) is 7.13. The van der Waals surface area contributed by atoms with Crippen LogP contribution in [0.2, 0.25) is 10.0 Å². The summed E-state index contributed by atoms with van der Waals surface area (Å²) in [5.41, 5.74) is 0.572. The predicted octanol–water partition coefficient (Wildman–Crippen LogP) is 2.87. The highest BCUT2D eigenvalue weighted by Crippen LogP contribution is 2.22. The molecule has 0 aliphatic carbocycles. The summed E-state index contributed by atoms with van der Waals surface area (Å²) in [6, 6.07) is 4.71. The standard InChI is InChI=1S/C13H16Cl2N2O3/c1-19-8-12-7-17(2-3-20-12)13(18)16-11-5-9(14)4-10(15)6-11/h4-6,12H,2-3,7-8H2,1H3,(H,16,18). The molecular weight excluding hydrogens is 303 g/mol. The number of carbonyl (C=O) groups excluding carboxylic acids is 1. The molecule has 1 N–H and O–H groups in total. The summed E-state index contributed by atoms with van der Waals surface area (Å²) >= 11 is 11.8. The third-order valence-corrected chi connectivity index (χ3v) is 3.33. The first kappa shape index (κ1) is 15.4. The Balaban J connectivity index is 1.97. The van der Waals surface area contributed by atoms with Gasteiger partial charge in [0.1, 0.15) is 0 Å². The van der Waals surface area contributed by atoms with Crippen molar-refractivity contribution in [2.24, 2.45) is 0 Å². The van der Waals surface area contributed by atoms with Gasteiger partial charge < -0.3 is 19.7 Å². The molecule has 7 heteroatoms. The number of anilines is 1. The first-order valence-corrected chi connectivity index (χ1v) is 6.96. The summed E-state index contributed by atoms with van der Waals surface area (Å²) < 4.78 is 10.5. The van der Waals surface area contributed by atoms with Crippen molar-refractivity contribution in [3.63, 3.8) is 0 Å². The number of hydrogen-bond donors (Lipinski definition) is 1. The highest BCUT2D eigenvalue weighted by Gasteiger charge is 2.24. The Hall–Kier alpha value is -1.01. The SMILES string of the molecule is COCC1CN(C(=O)Nc2cc(Cl)cc(Cl)c2)CCO1. The van der Waals surface area contributed by atoms with Crippen molar-refractivity contribution in [1.29, 1.82) is 0 Å². The minimum Gasteiger partial charge on any atom is -0.382 e. The largest absolute Gasteiger partial charge is 0.382 e. The molecule has 2 amide bonds. The maximum Gasteiger partial charge on any atom is 0.322 e. The maximum atomic E-state index is 12.2. The molecule has 1 heterocycles. The molecule has 1 fully saturated rings. The first-order valence-electron chi connectivity index (χ1n) is 6.21. The molecule has 1 atom stereocenters. The number of morpholine rings is 1. The number of hydrogen-bond acceptors (Lipinski definition) is 3. The van der Waals surface area contributed by atoms with Gasteiger partial charge in [0, 0.05) is 29.4 Å². The van der Waals surface area contributed by atoms with E-state index in [1.165, 1.54) is 0 Å². The van der Waals surface area contributed by atoms with E-state index in [1.807, 2.05) is 0 Å². The summed E-state index contributed by atoms with van der Waals surface area (Å²) in [6.07, 6.45) is -0.0950. The number of nitrogens with zero attached hydrogens (tertiary/aromatic N) is 1. The van der Waals surface area contributed by atoms with Crippen molar-refractivity contribution >= 4 is 34.9 Å². The number of methoxy groups -OCH3 is 1. The molecular formula is C13H16Cl2N2O3. The number of amides is 2. The second-order valence-electron chi connectivity index (χ2n) is 4.48. The Kier molecular flexibility index (Phi) is 5.48. The summed E-state index contributed by atoms with van der Waals surface area (Å²) in [4.78, 5) is 13.9. The van der Waals surface area contributed by atoms with Gasteiger partial charge in [-0.1, -0.05) is 23.2 Å². The second-order valence-corrected chi connectivity index (χ2v) is 5.36. The van der Waals surface area contributed by atoms with Gasteiger partial charge in [0.25, 0.3) is 0 Å². The zero-order chi connectivity index (χ0) is 14.5. The van der Waals surface area contributed by atoms with Crippen LogP contribution < -0.4 is 5.32 Å². The molecule has 1 saturated heterocycles. The van der Waals surface area contributed by atoms with E-state index in [0.29, 0.717) is 42.0 Å². The van der Waals surface area contributed by atoms with Gasteiger partial charge in [-0.05, 0) is 18.2 Å². The fourth-order valence-electron chi connectivity index (χ4n) is 2.02. The molecule has 1 aliphatic rings. The molecule has 2 rings (SSSR count). The number of carbonyl (C=O) groups is 1. The van der Waals surface area contributed by atoms with Crippen molar-refractivity contribution in [2.75, 3.05) is 38.7 Å². The first-order chi connectivity index (χ1) is 9.58. The van der Waals surface area contributed by atoms with Crippen LogP contribution in [0.4, 0.5) is 10.5 Å². The van der Waals surface area contributed by atoms with Gasteiger partial charge in [-0.2, -0.15) is 0 Å². The molecule has 1 aliphatic heterocycles. The summed E-state index contributed by atoms with van der Waals surface area (Å²) in [5.74, 6) is 0. The molecule has 1 aromatic carbocycles. The normalized spacial score (nSPS) is 18.9. The van der Waals surface area contributed by atoms with Crippen LogP contribution in [-0.4, -0.2) is 50.4 Å². The Bertz CT molecular complexity index is 462. The van der Waals surface area contributed by atoms with Gasteiger partial charge in [-0.3, -0.25) is 0 Å². The molecule has 0 spiro atoms. The third kappa shape index (κ3) is 4.24. The Morgan fingerprint density at radius 3 is 2.80 bits per heavy atom. The summed E-state index contributed by atoms with van der Waals surface area (Å²) in [6.45, 7) is 2.00. The van der Waals surface area contributed by atoms with Crippen LogP contribution in [0.15, 0.2) is 18.2 Å². The highest BCUT2D eigenvalue weighted by atomic mass is 35.5. The Labute approximate surface area is 127 Å². The molecule has 1 aromatic rings. The van der Waals surface area contributed by atoms with E-state index in [9.17, 15) is 4.79 Å². The van der Waals surface area contributed by atoms with E-state index < -0.39 is 0 Å². The van der Waals surface area contributed by atoms with Gasteiger partial charge in [0.05, 0.1) is 25.9 Å². The number of nitrogens with one attached hydrogen (secondary N) is 1. The van der Waals surface area contributed by atoms with Gasteiger partial charge >= 0.3 is 6.03 Å². The van der Waals surface area contributed by atoms with E-state index in [1.54, 1.807) is 30.2 Å². The number of halogens is 2. The van der Waals surface area contributed by atoms with E-state index in [0.717, 1.165) is 0 Å². The van der Waals surface area contributed by atoms with Crippen molar-refractivity contribution in [3.8, 4) is 0 Å². The average Bonchev–Trinajstić information content (AvgIpc) is 2.38. The molecule has 0 aromatic heterocycles. The summed E-state index contributed by atoms with van der Waals surface area (Å²) in [7, 11) is 1.61. The molecule has 1 unspecified atom stereocenters. The summed E-state index contributed by atoms with van der Waals surface area (Å²) in [5, 5.41) is 3.74. The number of ether oxygens (including phenoxy) is 2. The van der Waals surface area contributed by atoms with Crippen molar-refractivity contribution in [1.82, 2.24) is 4.90 Å². The van der Waals surface area contributed by atoms with Gasteiger partial charge in [-0.25, -0.2) is 4.79 Å². The lowest BCUT2D eigenvalue weighted by atomic mass is 10.3. The lowest BCUT2D eigenvalue weighted by Gasteiger charge is -2.32. The van der Waals surface area contributed by atoms with E-state index in [4.69, 9.17) is 32.7 Å². The molecule has 20 heavy (non-hydrogen) atoms. The predicted molar refractivity (Wildman–Crippen MR) is 78.7 cm³/mol. The smallest absolute Gasteiger partial charge is 0.322 e. The van der Waals surface area contributed by atoms with E-state index in [2.05, 4.69) is 5.32 Å². The van der Waals surface area contributed by atoms with Crippen molar-refractivity contribution in [2.45, 2.75) is 6.10 Å². The van der Waals surface area contributed by atoms with E-state index >= 15 is 0 Å². The highest BCUT2D eigenvalue weighted by molar-refractivity contribution is 6.35. The Morgan fingerprint density at radius 1 is 1.45 bits per heavy atom. The molecule has 0 saturated carbocycles. The Morgan fingerprint density at radius 2 is 2.15 bits per heavy atom. The molecule has 5 nitrogen and oxygen atoms in total. The fourth-order valence-corrected chi connectivity index (χ4v) is 2.55. The third-order valence-electron chi connectivity index (χ3n) is 2.89. The van der Waals surface area contributed by atoms with Crippen molar-refractivity contribution in [3.05, 3.63) is 28.2 Å². The van der Waals surface area contributed by atoms with Gasteiger partial charge in [-0.15, -0.1) is 0 Å². The van der Waals surface area contributed by atoms with Crippen LogP contribution in [0.3, 0.4) is 0 Å². The van der Waals surface area contributed by atoms with Crippen molar-refractivity contribution < 1.29 is 14.3 Å². The van der Waals surface area contributed by atoms with Crippen LogP contribution in [0, 0.1) is 0 Å². The fraction of sp³-hybridized carbons (Fsp3) is 0.462. The molecule has 110 valence electrons. The van der Waals surface area contributed by atoms with Gasteiger partial charge in [0.15, 0.2) is 0 Å². The molecule has 0 bridgehead atoms. The number of urea groups is 1. The number of benzene rings is 1. The monoisotopic (exact) mass is 318 g/mol. The van der Waals surface area contributed by atoms with Crippen LogP contribution in [-0.2, 0) is 9.47 Å².